The molecule has 2 rings (SSSR count). The van der Waals surface area contributed by atoms with E-state index < -0.39 is 0 Å². The van der Waals surface area contributed by atoms with E-state index in [0.29, 0.717) is 6.61 Å². The zero-order chi connectivity index (χ0) is 14.4. The SMILES string of the molecule is CCCc1nc(COc2ccccc2C(C)NC)cs1. The molecule has 0 saturated carbocycles. The molecule has 0 aliphatic heterocycles. The van der Waals surface area contributed by atoms with Gasteiger partial charge in [0.25, 0.3) is 0 Å². The van der Waals surface area contributed by atoms with Crippen molar-refractivity contribution in [3.05, 3.63) is 45.9 Å². The third kappa shape index (κ3) is 3.81. The minimum absolute atomic E-state index is 0.275. The molecule has 1 unspecified atom stereocenters. The Labute approximate surface area is 125 Å². The van der Waals surface area contributed by atoms with Crippen LogP contribution in [0, 0.1) is 0 Å². The van der Waals surface area contributed by atoms with Crippen molar-refractivity contribution in [1.29, 1.82) is 0 Å². The summed E-state index contributed by atoms with van der Waals surface area (Å²) in [6.45, 7) is 4.84. The van der Waals surface area contributed by atoms with Crippen LogP contribution in [0.2, 0.25) is 0 Å². The van der Waals surface area contributed by atoms with Gasteiger partial charge in [0.1, 0.15) is 12.4 Å². The fraction of sp³-hybridized carbons (Fsp3) is 0.438. The number of aromatic nitrogens is 1. The highest BCUT2D eigenvalue weighted by atomic mass is 32.1. The topological polar surface area (TPSA) is 34.1 Å². The van der Waals surface area contributed by atoms with Crippen LogP contribution in [0.5, 0.6) is 5.75 Å². The number of nitrogens with one attached hydrogen (secondary N) is 1. The number of thiazole rings is 1. The van der Waals surface area contributed by atoms with Crippen LogP contribution in [0.3, 0.4) is 0 Å². The van der Waals surface area contributed by atoms with Crippen molar-refractivity contribution >= 4 is 11.3 Å². The molecule has 0 aliphatic rings. The Morgan fingerprint density at radius 1 is 1.35 bits per heavy atom. The van der Waals surface area contributed by atoms with Crippen molar-refractivity contribution in [2.75, 3.05) is 7.05 Å². The first-order chi connectivity index (χ1) is 9.74. The smallest absolute Gasteiger partial charge is 0.131 e. The van der Waals surface area contributed by atoms with Crippen molar-refractivity contribution < 1.29 is 4.74 Å². The van der Waals surface area contributed by atoms with Crippen LogP contribution < -0.4 is 10.1 Å². The second kappa shape index (κ2) is 7.41. The van der Waals surface area contributed by atoms with Gasteiger partial charge in [0, 0.05) is 17.0 Å². The van der Waals surface area contributed by atoms with Crippen LogP contribution in [-0.2, 0) is 13.0 Å². The number of para-hydroxylation sites is 1. The quantitative estimate of drug-likeness (QED) is 0.838. The van der Waals surface area contributed by atoms with Crippen molar-refractivity contribution in [3.8, 4) is 5.75 Å². The van der Waals surface area contributed by atoms with Crippen molar-refractivity contribution in [2.45, 2.75) is 39.3 Å². The molecule has 1 aromatic carbocycles. The number of rotatable bonds is 7. The Morgan fingerprint density at radius 3 is 2.90 bits per heavy atom. The van der Waals surface area contributed by atoms with E-state index in [1.54, 1.807) is 11.3 Å². The molecule has 4 heteroatoms. The Bertz CT molecular complexity index is 539. The fourth-order valence-electron chi connectivity index (χ4n) is 2.02. The summed E-state index contributed by atoms with van der Waals surface area (Å²) < 4.78 is 5.94. The van der Waals surface area contributed by atoms with E-state index in [1.807, 2.05) is 25.2 Å². The van der Waals surface area contributed by atoms with E-state index >= 15 is 0 Å². The lowest BCUT2D eigenvalue weighted by molar-refractivity contribution is 0.296. The highest BCUT2D eigenvalue weighted by Crippen LogP contribution is 2.25. The highest BCUT2D eigenvalue weighted by Gasteiger charge is 2.10. The molecule has 1 N–H and O–H groups in total. The van der Waals surface area contributed by atoms with Crippen LogP contribution in [0.4, 0.5) is 0 Å². The minimum Gasteiger partial charge on any atom is -0.487 e. The Morgan fingerprint density at radius 2 is 2.15 bits per heavy atom. The van der Waals surface area contributed by atoms with Gasteiger partial charge in [0.05, 0.1) is 10.7 Å². The average molecular weight is 290 g/mol. The molecule has 1 atom stereocenters. The van der Waals surface area contributed by atoms with Crippen molar-refractivity contribution in [2.24, 2.45) is 0 Å². The van der Waals surface area contributed by atoms with Gasteiger partial charge < -0.3 is 10.1 Å². The van der Waals surface area contributed by atoms with Crippen LogP contribution >= 0.6 is 11.3 Å². The van der Waals surface area contributed by atoms with E-state index in [-0.39, 0.29) is 6.04 Å². The second-order valence-corrected chi connectivity index (χ2v) is 5.76. The summed E-state index contributed by atoms with van der Waals surface area (Å²) in [5.41, 5.74) is 2.20. The molecule has 2 aromatic rings. The Balaban J connectivity index is 2.02. The van der Waals surface area contributed by atoms with Gasteiger partial charge in [-0.2, -0.15) is 0 Å². The average Bonchev–Trinajstić information content (AvgIpc) is 2.93. The Kier molecular flexibility index (Phi) is 5.56. The first kappa shape index (κ1) is 15.0. The van der Waals surface area contributed by atoms with E-state index in [1.165, 1.54) is 10.6 Å². The van der Waals surface area contributed by atoms with Crippen LogP contribution in [0.25, 0.3) is 0 Å². The molecule has 1 aromatic heterocycles. The lowest BCUT2D eigenvalue weighted by Crippen LogP contribution is -2.13. The molecule has 1 heterocycles. The lowest BCUT2D eigenvalue weighted by atomic mass is 10.1. The monoisotopic (exact) mass is 290 g/mol. The molecular formula is C16H22N2OS. The van der Waals surface area contributed by atoms with E-state index in [0.717, 1.165) is 24.3 Å². The summed E-state index contributed by atoms with van der Waals surface area (Å²) in [5, 5.41) is 6.54. The lowest BCUT2D eigenvalue weighted by Gasteiger charge is -2.15. The zero-order valence-corrected chi connectivity index (χ0v) is 13.2. The Hall–Kier alpha value is -1.39. The molecule has 0 fully saturated rings. The second-order valence-electron chi connectivity index (χ2n) is 4.82. The van der Waals surface area contributed by atoms with Crippen molar-refractivity contribution in [3.63, 3.8) is 0 Å². The zero-order valence-electron chi connectivity index (χ0n) is 12.3. The van der Waals surface area contributed by atoms with Crippen LogP contribution in [-0.4, -0.2) is 12.0 Å². The molecule has 0 spiro atoms. The third-order valence-corrected chi connectivity index (χ3v) is 4.21. The maximum atomic E-state index is 5.94. The molecule has 3 nitrogen and oxygen atoms in total. The number of hydrogen-bond donors (Lipinski definition) is 1. The minimum atomic E-state index is 0.275. The molecule has 0 aliphatic carbocycles. The van der Waals surface area contributed by atoms with Gasteiger partial charge >= 0.3 is 0 Å². The molecular weight excluding hydrogens is 268 g/mol. The number of benzene rings is 1. The maximum absolute atomic E-state index is 5.94. The van der Waals surface area contributed by atoms with Crippen molar-refractivity contribution in [1.82, 2.24) is 10.3 Å². The van der Waals surface area contributed by atoms with E-state index in [2.05, 4.69) is 35.6 Å². The molecule has 0 amide bonds. The van der Waals surface area contributed by atoms with Gasteiger partial charge in [0.2, 0.25) is 0 Å². The van der Waals surface area contributed by atoms with E-state index in [9.17, 15) is 0 Å². The van der Waals surface area contributed by atoms with Crippen LogP contribution in [0.15, 0.2) is 29.6 Å². The van der Waals surface area contributed by atoms with Gasteiger partial charge in [-0.25, -0.2) is 4.98 Å². The summed E-state index contributed by atoms with van der Waals surface area (Å²) in [6.07, 6.45) is 2.19. The number of hydrogen-bond acceptors (Lipinski definition) is 4. The normalized spacial score (nSPS) is 12.3. The van der Waals surface area contributed by atoms with Gasteiger partial charge in [-0.1, -0.05) is 25.1 Å². The largest absolute Gasteiger partial charge is 0.487 e. The van der Waals surface area contributed by atoms with Gasteiger partial charge in [0.15, 0.2) is 0 Å². The fourth-order valence-corrected chi connectivity index (χ4v) is 2.91. The molecule has 108 valence electrons. The molecule has 0 bridgehead atoms. The predicted molar refractivity (Wildman–Crippen MR) is 84.4 cm³/mol. The standard InChI is InChI=1S/C16H22N2OS/c1-4-7-16-18-13(11-20-16)10-19-15-9-6-5-8-14(15)12(2)17-3/h5-6,8-9,11-12,17H,4,7,10H2,1-3H3. The summed E-state index contributed by atoms with van der Waals surface area (Å²) in [6, 6.07) is 8.43. The number of nitrogens with zero attached hydrogens (tertiary/aromatic N) is 1. The highest BCUT2D eigenvalue weighted by molar-refractivity contribution is 7.09. The number of aryl methyl sites for hydroxylation is 1. The molecule has 0 saturated heterocycles. The molecule has 0 radical (unpaired) electrons. The summed E-state index contributed by atoms with van der Waals surface area (Å²) in [7, 11) is 1.96. The molecule has 20 heavy (non-hydrogen) atoms. The van der Waals surface area contributed by atoms with Gasteiger partial charge in [-0.05, 0) is 32.9 Å². The van der Waals surface area contributed by atoms with E-state index in [4.69, 9.17) is 4.74 Å². The maximum Gasteiger partial charge on any atom is 0.131 e. The predicted octanol–water partition coefficient (Wildman–Crippen LogP) is 3.96. The first-order valence-electron chi connectivity index (χ1n) is 7.06. The van der Waals surface area contributed by atoms with Crippen LogP contribution in [0.1, 0.15) is 42.6 Å². The summed E-state index contributed by atoms with van der Waals surface area (Å²) in [4.78, 5) is 4.59. The van der Waals surface area contributed by atoms with Gasteiger partial charge in [-0.3, -0.25) is 0 Å². The van der Waals surface area contributed by atoms with Gasteiger partial charge in [-0.15, -0.1) is 11.3 Å². The first-order valence-corrected chi connectivity index (χ1v) is 7.94. The third-order valence-electron chi connectivity index (χ3n) is 3.26. The summed E-state index contributed by atoms with van der Waals surface area (Å²) >= 11 is 1.72. The summed E-state index contributed by atoms with van der Waals surface area (Å²) in [5.74, 6) is 0.930. The number of ether oxygens (including phenoxy) is 1.